The minimum Gasteiger partial charge on any atom is -0.280 e. The minimum atomic E-state index is -3.81. The van der Waals surface area contributed by atoms with Crippen molar-refractivity contribution in [3.8, 4) is 0 Å². The summed E-state index contributed by atoms with van der Waals surface area (Å²) in [5, 5.41) is 1.09. The van der Waals surface area contributed by atoms with Crippen LogP contribution in [0.25, 0.3) is 6.08 Å². The van der Waals surface area contributed by atoms with Crippen LogP contribution in [0, 0.1) is 0 Å². The molecule has 1 heterocycles. The summed E-state index contributed by atoms with van der Waals surface area (Å²) in [5.41, 5.74) is 0.867. The van der Waals surface area contributed by atoms with Gasteiger partial charge in [0.2, 0.25) is 10.0 Å². The second-order valence-corrected chi connectivity index (χ2v) is 10.00. The first kappa shape index (κ1) is 19.9. The van der Waals surface area contributed by atoms with Crippen LogP contribution in [0.2, 0.25) is 5.02 Å². The Morgan fingerprint density at radius 3 is 2.30 bits per heavy atom. The van der Waals surface area contributed by atoms with Crippen LogP contribution in [0.4, 0.5) is 5.69 Å². The summed E-state index contributed by atoms with van der Waals surface area (Å²) in [6.45, 7) is 0.878. The third-order valence-electron chi connectivity index (χ3n) is 4.11. The van der Waals surface area contributed by atoms with Gasteiger partial charge in [0.1, 0.15) is 4.90 Å². The number of hydrogen-bond donors (Lipinski definition) is 1. The number of nitrogens with one attached hydrogen (secondary N) is 1. The second kappa shape index (κ2) is 8.02. The van der Waals surface area contributed by atoms with Crippen molar-refractivity contribution < 1.29 is 16.8 Å². The predicted octanol–water partition coefficient (Wildman–Crippen LogP) is 3.54. The van der Waals surface area contributed by atoms with Crippen LogP contribution < -0.4 is 4.72 Å². The summed E-state index contributed by atoms with van der Waals surface area (Å²) in [6, 6.07) is 13.0. The molecule has 2 aromatic rings. The quantitative estimate of drug-likeness (QED) is 0.765. The zero-order valence-corrected chi connectivity index (χ0v) is 16.8. The molecule has 9 heteroatoms. The SMILES string of the molecule is O=S(=O)(/C=C/c1ccccc1)Nc1ccc(Cl)c(S(=O)(=O)N2CCCC2)c1. The van der Waals surface area contributed by atoms with Crippen molar-refractivity contribution in [2.75, 3.05) is 17.8 Å². The molecule has 0 aliphatic carbocycles. The number of rotatable bonds is 6. The lowest BCUT2D eigenvalue weighted by atomic mass is 10.2. The van der Waals surface area contributed by atoms with Gasteiger partial charge >= 0.3 is 0 Å². The molecule has 1 N–H and O–H groups in total. The normalized spacial score (nSPS) is 16.0. The number of nitrogens with zero attached hydrogens (tertiary/aromatic N) is 1. The monoisotopic (exact) mass is 426 g/mol. The highest BCUT2D eigenvalue weighted by Gasteiger charge is 2.29. The van der Waals surface area contributed by atoms with E-state index in [1.54, 1.807) is 24.3 Å². The van der Waals surface area contributed by atoms with Gasteiger partial charge in [-0.2, -0.15) is 4.31 Å². The predicted molar refractivity (Wildman–Crippen MR) is 107 cm³/mol. The Hall–Kier alpha value is -1.87. The van der Waals surface area contributed by atoms with Gasteiger partial charge in [-0.15, -0.1) is 0 Å². The van der Waals surface area contributed by atoms with Crippen LogP contribution in [0.5, 0.6) is 0 Å². The fourth-order valence-electron chi connectivity index (χ4n) is 2.76. The van der Waals surface area contributed by atoms with Crippen molar-refractivity contribution in [3.63, 3.8) is 0 Å². The molecule has 1 saturated heterocycles. The summed E-state index contributed by atoms with van der Waals surface area (Å²) in [4.78, 5) is -0.0988. The third-order valence-corrected chi connectivity index (χ3v) is 7.51. The topological polar surface area (TPSA) is 83.5 Å². The molecule has 27 heavy (non-hydrogen) atoms. The van der Waals surface area contributed by atoms with Crippen LogP contribution in [-0.2, 0) is 20.0 Å². The Labute approximate surface area is 164 Å². The first-order valence-corrected chi connectivity index (χ1v) is 11.7. The number of anilines is 1. The van der Waals surface area contributed by atoms with Gasteiger partial charge in [0.05, 0.1) is 16.1 Å². The highest BCUT2D eigenvalue weighted by Crippen LogP contribution is 2.30. The van der Waals surface area contributed by atoms with Gasteiger partial charge in [0.15, 0.2) is 0 Å². The maximum absolute atomic E-state index is 12.7. The molecular formula is C18H19ClN2O4S2. The molecule has 3 rings (SSSR count). The number of benzene rings is 2. The lowest BCUT2D eigenvalue weighted by molar-refractivity contribution is 0.477. The Bertz CT molecular complexity index is 1050. The van der Waals surface area contributed by atoms with Crippen LogP contribution >= 0.6 is 11.6 Å². The van der Waals surface area contributed by atoms with E-state index >= 15 is 0 Å². The molecule has 1 aliphatic heterocycles. The minimum absolute atomic E-state index is 0.0599. The molecule has 1 fully saturated rings. The van der Waals surface area contributed by atoms with Gasteiger partial charge in [-0.3, -0.25) is 4.72 Å². The Morgan fingerprint density at radius 2 is 1.63 bits per heavy atom. The Morgan fingerprint density at radius 1 is 0.963 bits per heavy atom. The molecule has 144 valence electrons. The van der Waals surface area contributed by atoms with Crippen LogP contribution in [0.15, 0.2) is 58.8 Å². The van der Waals surface area contributed by atoms with Crippen LogP contribution in [0.3, 0.4) is 0 Å². The van der Waals surface area contributed by atoms with E-state index in [1.165, 1.54) is 28.6 Å². The molecule has 0 atom stereocenters. The smallest absolute Gasteiger partial charge is 0.255 e. The largest absolute Gasteiger partial charge is 0.280 e. The van der Waals surface area contributed by atoms with E-state index in [4.69, 9.17) is 11.6 Å². The van der Waals surface area contributed by atoms with Crippen molar-refractivity contribution in [2.45, 2.75) is 17.7 Å². The average Bonchev–Trinajstić information content (AvgIpc) is 3.18. The first-order valence-electron chi connectivity index (χ1n) is 8.34. The highest BCUT2D eigenvalue weighted by atomic mass is 35.5. The van der Waals surface area contributed by atoms with Gasteiger partial charge in [-0.25, -0.2) is 16.8 Å². The molecule has 0 bridgehead atoms. The fraction of sp³-hybridized carbons (Fsp3) is 0.222. The molecule has 2 aromatic carbocycles. The van der Waals surface area contributed by atoms with E-state index in [0.717, 1.165) is 23.8 Å². The average molecular weight is 427 g/mol. The summed E-state index contributed by atoms with van der Waals surface area (Å²) in [5.74, 6) is 0. The molecule has 0 aromatic heterocycles. The molecule has 0 unspecified atom stereocenters. The molecule has 0 amide bonds. The number of sulfonamides is 2. The molecule has 6 nitrogen and oxygen atoms in total. The van der Waals surface area contributed by atoms with E-state index in [0.29, 0.717) is 13.1 Å². The highest BCUT2D eigenvalue weighted by molar-refractivity contribution is 7.95. The van der Waals surface area contributed by atoms with Crippen molar-refractivity contribution in [1.29, 1.82) is 0 Å². The first-order chi connectivity index (χ1) is 12.8. The van der Waals surface area contributed by atoms with Crippen molar-refractivity contribution in [2.24, 2.45) is 0 Å². The van der Waals surface area contributed by atoms with Gasteiger partial charge in [0, 0.05) is 13.1 Å². The molecule has 0 saturated carbocycles. The van der Waals surface area contributed by atoms with Crippen molar-refractivity contribution in [1.82, 2.24) is 4.31 Å². The summed E-state index contributed by atoms with van der Waals surface area (Å²) >= 11 is 6.07. The van der Waals surface area contributed by atoms with Crippen molar-refractivity contribution in [3.05, 3.63) is 64.5 Å². The zero-order valence-electron chi connectivity index (χ0n) is 14.4. The van der Waals surface area contributed by atoms with Gasteiger partial charge in [-0.05, 0) is 42.7 Å². The lowest BCUT2D eigenvalue weighted by Gasteiger charge is -2.17. The van der Waals surface area contributed by atoms with E-state index in [9.17, 15) is 16.8 Å². The summed E-state index contributed by atoms with van der Waals surface area (Å²) in [7, 11) is -7.56. The third kappa shape index (κ3) is 4.90. The van der Waals surface area contributed by atoms with Gasteiger partial charge < -0.3 is 0 Å². The second-order valence-electron chi connectivity index (χ2n) is 6.12. The number of hydrogen-bond acceptors (Lipinski definition) is 4. The zero-order chi connectivity index (χ0) is 19.5. The maximum Gasteiger partial charge on any atom is 0.255 e. The van der Waals surface area contributed by atoms with E-state index in [2.05, 4.69) is 4.72 Å². The molecule has 0 radical (unpaired) electrons. The summed E-state index contributed by atoms with van der Waals surface area (Å²) < 4.78 is 53.8. The summed E-state index contributed by atoms with van der Waals surface area (Å²) in [6.07, 6.45) is 3.06. The molecule has 0 spiro atoms. The Kier molecular flexibility index (Phi) is 5.90. The Balaban J connectivity index is 1.84. The van der Waals surface area contributed by atoms with Gasteiger partial charge in [-0.1, -0.05) is 41.9 Å². The van der Waals surface area contributed by atoms with E-state index in [1.807, 2.05) is 6.07 Å². The standard InChI is InChI=1S/C18H19ClN2O4S2/c19-17-9-8-16(14-18(17)27(24,25)21-11-4-5-12-21)20-26(22,23)13-10-15-6-2-1-3-7-15/h1-3,6-10,13-14,20H,4-5,11-12H2/b13-10+. The fourth-order valence-corrected chi connectivity index (χ4v) is 5.64. The van der Waals surface area contributed by atoms with Crippen LogP contribution in [0.1, 0.15) is 18.4 Å². The van der Waals surface area contributed by atoms with E-state index < -0.39 is 20.0 Å². The van der Waals surface area contributed by atoms with E-state index in [-0.39, 0.29) is 15.6 Å². The van der Waals surface area contributed by atoms with Crippen LogP contribution in [-0.4, -0.2) is 34.2 Å². The molecule has 1 aliphatic rings. The maximum atomic E-state index is 12.7. The molecular weight excluding hydrogens is 408 g/mol. The van der Waals surface area contributed by atoms with Crippen molar-refractivity contribution >= 4 is 43.4 Å². The number of halogens is 1. The van der Waals surface area contributed by atoms with Gasteiger partial charge in [0.25, 0.3) is 10.0 Å². The lowest BCUT2D eigenvalue weighted by Crippen LogP contribution is -2.28.